The molecule has 12 nitrogen and oxygen atoms in total. The minimum atomic E-state index is 0.0290. The number of carbonyl (C=O) groups is 1. The Morgan fingerprint density at radius 2 is 1.23 bits per heavy atom. The fourth-order valence-electron chi connectivity index (χ4n) is 3.66. The summed E-state index contributed by atoms with van der Waals surface area (Å²) >= 11 is 0. The molecular weight excluding hydrogens is 564 g/mol. The molecule has 1 fully saturated rings. The zero-order valence-electron chi connectivity index (χ0n) is 28.0. The molecule has 1 aliphatic rings. The van der Waals surface area contributed by atoms with Gasteiger partial charge in [-0.1, -0.05) is 53.7 Å². The summed E-state index contributed by atoms with van der Waals surface area (Å²) in [6.07, 6.45) is 1.95. The van der Waals surface area contributed by atoms with Crippen molar-refractivity contribution in [3.8, 4) is 5.75 Å². The Morgan fingerprint density at radius 3 is 1.68 bits per heavy atom. The van der Waals surface area contributed by atoms with Gasteiger partial charge in [0.25, 0.3) is 0 Å². The Balaban J connectivity index is 0.00000239. The summed E-state index contributed by atoms with van der Waals surface area (Å²) in [5, 5.41) is 10.0. The molecule has 1 aromatic carbocycles. The van der Waals surface area contributed by atoms with E-state index >= 15 is 0 Å². The molecule has 1 aromatic rings. The number of ether oxygens (including phenoxy) is 4. The topological polar surface area (TPSA) is 185 Å². The van der Waals surface area contributed by atoms with Crippen LogP contribution in [0.3, 0.4) is 0 Å². The van der Waals surface area contributed by atoms with Crippen LogP contribution in [-0.4, -0.2) is 106 Å². The molecule has 1 heterocycles. The third-order valence-corrected chi connectivity index (χ3v) is 5.61. The first-order chi connectivity index (χ1) is 20.9. The molecule has 0 aromatic heterocycles. The molecule has 1 aliphatic heterocycles. The Hall–Kier alpha value is -3.03. The molecule has 0 atom stereocenters. The zero-order chi connectivity index (χ0) is 33.4. The third kappa shape index (κ3) is 20.0. The van der Waals surface area contributed by atoms with Crippen LogP contribution in [0.4, 0.5) is 0 Å². The van der Waals surface area contributed by atoms with E-state index in [2.05, 4.69) is 27.7 Å². The minimum Gasteiger partial charge on any atom is -0.507 e. The highest BCUT2D eigenvalue weighted by Gasteiger charge is 2.23. The molecule has 0 aliphatic carbocycles. The van der Waals surface area contributed by atoms with E-state index < -0.39 is 0 Å². The Kier molecular flexibility index (Phi) is 22.6. The number of hydrogen-bond donors (Lipinski definition) is 5. The van der Waals surface area contributed by atoms with Crippen LogP contribution in [0.5, 0.6) is 5.75 Å². The summed E-state index contributed by atoms with van der Waals surface area (Å²) in [5.41, 5.74) is 25.3. The van der Waals surface area contributed by atoms with E-state index in [0.717, 1.165) is 0 Å². The maximum Gasteiger partial charge on any atom is 0.225 e. The largest absolute Gasteiger partial charge is 0.507 e. The van der Waals surface area contributed by atoms with Crippen molar-refractivity contribution in [2.24, 2.45) is 28.3 Å². The maximum absolute atomic E-state index is 12.6. The summed E-state index contributed by atoms with van der Waals surface area (Å²) in [5.74, 6) is 0.225. The highest BCUT2D eigenvalue weighted by molar-refractivity contribution is 5.76. The van der Waals surface area contributed by atoms with Gasteiger partial charge in [0.15, 0.2) is 0 Å². The summed E-state index contributed by atoms with van der Waals surface area (Å²) in [4.78, 5) is 16.3. The van der Waals surface area contributed by atoms with Gasteiger partial charge in [0, 0.05) is 44.0 Å². The number of benzene rings is 1. The normalized spacial score (nSPS) is 13.4. The smallest absolute Gasteiger partial charge is 0.225 e. The number of carbonyl (C=O) groups excluding carboxylic acids is 1. The molecular formula is C32H60N6O6. The predicted molar refractivity (Wildman–Crippen MR) is 177 cm³/mol. The number of rotatable bonds is 17. The van der Waals surface area contributed by atoms with Gasteiger partial charge in [-0.2, -0.15) is 0 Å². The van der Waals surface area contributed by atoms with E-state index in [1.54, 1.807) is 35.2 Å². The average Bonchev–Trinajstić information content (AvgIpc) is 2.98. The molecule has 1 amide bonds. The molecule has 0 spiro atoms. The van der Waals surface area contributed by atoms with Gasteiger partial charge < -0.3 is 56.8 Å². The molecule has 9 N–H and O–H groups in total. The fraction of sp³-hybridized carbons (Fsp3) is 0.656. The summed E-state index contributed by atoms with van der Waals surface area (Å²) in [6, 6.07) is 6.78. The van der Waals surface area contributed by atoms with Crippen molar-refractivity contribution in [1.29, 1.82) is 0 Å². The van der Waals surface area contributed by atoms with Crippen LogP contribution >= 0.6 is 0 Å². The van der Waals surface area contributed by atoms with E-state index in [9.17, 15) is 9.90 Å². The molecule has 0 bridgehead atoms. The highest BCUT2D eigenvalue weighted by atomic mass is 16.6. The van der Waals surface area contributed by atoms with Crippen molar-refractivity contribution in [3.05, 3.63) is 47.4 Å². The van der Waals surface area contributed by atoms with Gasteiger partial charge in [0.2, 0.25) is 5.91 Å². The second-order valence-corrected chi connectivity index (χ2v) is 11.3. The van der Waals surface area contributed by atoms with Gasteiger partial charge in [-0.25, -0.2) is 0 Å². The lowest BCUT2D eigenvalue weighted by atomic mass is 10.0. The second kappa shape index (κ2) is 24.3. The third-order valence-electron chi connectivity index (χ3n) is 5.61. The van der Waals surface area contributed by atoms with Gasteiger partial charge in [-0.3, -0.25) is 4.79 Å². The van der Waals surface area contributed by atoms with Crippen molar-refractivity contribution in [3.63, 3.8) is 0 Å². The van der Waals surface area contributed by atoms with Crippen LogP contribution in [0.2, 0.25) is 0 Å². The number of nitrogens with zero attached hydrogens (tertiary/aromatic N) is 2. The number of hydrogen-bond acceptors (Lipinski definition) is 11. The van der Waals surface area contributed by atoms with Gasteiger partial charge in [-0.05, 0) is 23.6 Å². The van der Waals surface area contributed by atoms with Crippen LogP contribution in [-0.2, 0) is 23.7 Å². The number of para-hydroxylation sites is 1. The number of piperazine rings is 1. The second-order valence-electron chi connectivity index (χ2n) is 11.3. The first-order valence-electron chi connectivity index (χ1n) is 15.5. The lowest BCUT2D eigenvalue weighted by Crippen LogP contribution is -2.49. The lowest BCUT2D eigenvalue weighted by molar-refractivity contribution is -0.134. The monoisotopic (exact) mass is 624 g/mol. The van der Waals surface area contributed by atoms with E-state index in [4.69, 9.17) is 41.9 Å². The van der Waals surface area contributed by atoms with Crippen molar-refractivity contribution in [1.82, 2.24) is 9.80 Å². The summed E-state index contributed by atoms with van der Waals surface area (Å²) < 4.78 is 21.5. The van der Waals surface area contributed by atoms with Crippen LogP contribution < -0.4 is 22.9 Å². The number of allylic oxidation sites excluding steroid dienone is 1. The molecule has 0 radical (unpaired) electrons. The zero-order valence-corrected chi connectivity index (χ0v) is 28.0. The Bertz CT molecular complexity index is 949. The molecule has 254 valence electrons. The molecule has 2 rings (SSSR count). The number of aromatic hydroxyl groups is 1. The number of phenolic OH excluding ortho intramolecular Hbond substituents is 1. The lowest BCUT2D eigenvalue weighted by Gasteiger charge is -2.37. The van der Waals surface area contributed by atoms with Gasteiger partial charge in [0.05, 0.1) is 65.0 Å². The molecule has 44 heavy (non-hydrogen) atoms. The van der Waals surface area contributed by atoms with Crippen LogP contribution in [0.25, 0.3) is 5.70 Å². The predicted octanol–water partition coefficient (Wildman–Crippen LogP) is 2.42. The SMILES string of the molecule is CC.CC(C)(C)C.NCCOCCOCCOCCOCCC(=O)N1CCN(C(/C=C(\N)c2ccccc2O)=C(N)N)CC1. The molecule has 0 saturated carbocycles. The van der Waals surface area contributed by atoms with Gasteiger partial charge in [0.1, 0.15) is 11.6 Å². The van der Waals surface area contributed by atoms with Gasteiger partial charge >= 0.3 is 0 Å². The van der Waals surface area contributed by atoms with Crippen molar-refractivity contribution < 1.29 is 28.8 Å². The Morgan fingerprint density at radius 1 is 0.795 bits per heavy atom. The van der Waals surface area contributed by atoms with Crippen molar-refractivity contribution in [2.45, 2.75) is 48.0 Å². The Labute approximate surface area is 265 Å². The molecule has 12 heteroatoms. The van der Waals surface area contributed by atoms with E-state index in [1.807, 2.05) is 18.7 Å². The number of nitrogens with two attached hydrogens (primary N) is 4. The van der Waals surface area contributed by atoms with Crippen molar-refractivity contribution in [2.75, 3.05) is 85.6 Å². The quantitative estimate of drug-likeness (QED) is 0.127. The molecule has 0 unspecified atom stereocenters. The average molecular weight is 625 g/mol. The number of phenols is 1. The fourth-order valence-corrected chi connectivity index (χ4v) is 3.66. The minimum absolute atomic E-state index is 0.0290. The summed E-state index contributed by atoms with van der Waals surface area (Å²) in [6.45, 7) is 19.1. The standard InChI is InChI=1S/C25H42N6O6.C5H12.C2H6/c26-6-12-35-14-16-37-18-17-36-15-13-34-11-5-24(33)31-9-7-30(8-10-31)22(25(28)29)19-21(27)20-3-1-2-4-23(20)32;1-5(2,3)4;1-2/h1-4,19,32H,5-18,26-29H2;1-4H3;1-2H3/b21-19-;;. The van der Waals surface area contributed by atoms with E-state index in [0.29, 0.717) is 114 Å². The van der Waals surface area contributed by atoms with E-state index in [-0.39, 0.29) is 17.5 Å². The van der Waals surface area contributed by atoms with Gasteiger partial charge in [-0.15, -0.1) is 0 Å². The highest BCUT2D eigenvalue weighted by Crippen LogP contribution is 2.23. The first kappa shape index (κ1) is 41.0. The van der Waals surface area contributed by atoms with Crippen LogP contribution in [0.15, 0.2) is 41.9 Å². The maximum atomic E-state index is 12.6. The summed E-state index contributed by atoms with van der Waals surface area (Å²) in [7, 11) is 0. The first-order valence-corrected chi connectivity index (χ1v) is 15.5. The van der Waals surface area contributed by atoms with Crippen LogP contribution in [0, 0.1) is 5.41 Å². The number of amides is 1. The van der Waals surface area contributed by atoms with Crippen LogP contribution in [0.1, 0.15) is 53.5 Å². The molecule has 1 saturated heterocycles. The van der Waals surface area contributed by atoms with E-state index in [1.165, 1.54) is 0 Å². The van der Waals surface area contributed by atoms with Crippen molar-refractivity contribution >= 4 is 11.6 Å².